The van der Waals surface area contributed by atoms with Crippen molar-refractivity contribution in [2.24, 2.45) is 0 Å². The summed E-state index contributed by atoms with van der Waals surface area (Å²) in [5, 5.41) is 0.617. The second kappa shape index (κ2) is 4.93. The Bertz CT molecular complexity index is 352. The quantitative estimate of drug-likeness (QED) is 0.692. The molecule has 0 spiro atoms. The molecule has 0 fully saturated rings. The number of terminal acetylenes is 1. The highest BCUT2D eigenvalue weighted by atomic mass is 35.5. The molecule has 0 heterocycles. The minimum atomic E-state index is 0.0863. The van der Waals surface area contributed by atoms with Crippen LogP contribution in [0.3, 0.4) is 0 Å². The maximum Gasteiger partial charge on any atom is 0.137 e. The van der Waals surface area contributed by atoms with Crippen LogP contribution in [0.2, 0.25) is 5.02 Å². The third-order valence-corrected chi connectivity index (χ3v) is 2.30. The second-order valence-corrected chi connectivity index (χ2v) is 3.42. The van der Waals surface area contributed by atoms with Crippen molar-refractivity contribution in [1.82, 2.24) is 0 Å². The summed E-state index contributed by atoms with van der Waals surface area (Å²) in [5.74, 6) is 3.46. The number of halogens is 1. The van der Waals surface area contributed by atoms with E-state index in [9.17, 15) is 0 Å². The predicted molar refractivity (Wildman–Crippen MR) is 59.9 cm³/mol. The van der Waals surface area contributed by atoms with Crippen LogP contribution in [0.5, 0.6) is 5.75 Å². The molecule has 1 aromatic rings. The highest BCUT2D eigenvalue weighted by Gasteiger charge is 2.06. The summed E-state index contributed by atoms with van der Waals surface area (Å²) in [4.78, 5) is 0. The zero-order chi connectivity index (χ0) is 10.6. The highest BCUT2D eigenvalue weighted by Crippen LogP contribution is 2.28. The summed E-state index contributed by atoms with van der Waals surface area (Å²) in [5.41, 5.74) is 1.04. The van der Waals surface area contributed by atoms with Gasteiger partial charge in [-0.05, 0) is 31.5 Å². The van der Waals surface area contributed by atoms with Crippen molar-refractivity contribution in [2.75, 3.05) is 6.61 Å². The summed E-state index contributed by atoms with van der Waals surface area (Å²) in [6.07, 6.45) is 5.33. The van der Waals surface area contributed by atoms with Gasteiger partial charge in [0.2, 0.25) is 0 Å². The maximum absolute atomic E-state index is 6.02. The zero-order valence-electron chi connectivity index (χ0n) is 8.38. The van der Waals surface area contributed by atoms with Crippen molar-refractivity contribution in [1.29, 1.82) is 0 Å². The van der Waals surface area contributed by atoms with Crippen molar-refractivity contribution in [3.8, 4) is 18.1 Å². The molecule has 0 aliphatic carbocycles. The molecule has 0 N–H and O–H groups in total. The van der Waals surface area contributed by atoms with Gasteiger partial charge in [0.25, 0.3) is 0 Å². The smallest absolute Gasteiger partial charge is 0.137 e. The standard InChI is InChI=1S/C12H13ClO/c1-4-9(3)10-6-7-12(14-5-2)11(13)8-10/h1,6-9H,5H2,2-3H3. The second-order valence-electron chi connectivity index (χ2n) is 3.01. The van der Waals surface area contributed by atoms with E-state index in [2.05, 4.69) is 5.92 Å². The molecule has 0 aliphatic heterocycles. The van der Waals surface area contributed by atoms with Gasteiger partial charge in [0.15, 0.2) is 0 Å². The van der Waals surface area contributed by atoms with E-state index in [4.69, 9.17) is 22.8 Å². The molecule has 0 radical (unpaired) electrons. The van der Waals surface area contributed by atoms with E-state index in [0.717, 1.165) is 5.56 Å². The highest BCUT2D eigenvalue weighted by molar-refractivity contribution is 6.32. The van der Waals surface area contributed by atoms with Crippen molar-refractivity contribution >= 4 is 11.6 Å². The van der Waals surface area contributed by atoms with Gasteiger partial charge < -0.3 is 4.74 Å². The third-order valence-electron chi connectivity index (χ3n) is 2.01. The number of hydrogen-bond acceptors (Lipinski definition) is 1. The van der Waals surface area contributed by atoms with Crippen molar-refractivity contribution in [3.05, 3.63) is 28.8 Å². The molecule has 1 rings (SSSR count). The van der Waals surface area contributed by atoms with Crippen LogP contribution in [-0.4, -0.2) is 6.61 Å². The Labute approximate surface area is 90.0 Å². The van der Waals surface area contributed by atoms with E-state index >= 15 is 0 Å². The monoisotopic (exact) mass is 208 g/mol. The summed E-state index contributed by atoms with van der Waals surface area (Å²) in [6, 6.07) is 5.66. The van der Waals surface area contributed by atoms with Crippen molar-refractivity contribution in [2.45, 2.75) is 19.8 Å². The lowest BCUT2D eigenvalue weighted by atomic mass is 10.0. The molecule has 1 unspecified atom stereocenters. The molecule has 0 amide bonds. The minimum absolute atomic E-state index is 0.0863. The van der Waals surface area contributed by atoms with Crippen LogP contribution in [-0.2, 0) is 0 Å². The van der Waals surface area contributed by atoms with Gasteiger partial charge in [-0.15, -0.1) is 6.42 Å². The summed E-state index contributed by atoms with van der Waals surface area (Å²) in [7, 11) is 0. The number of benzene rings is 1. The molecule has 0 bridgehead atoms. The lowest BCUT2D eigenvalue weighted by Gasteiger charge is -2.09. The van der Waals surface area contributed by atoms with Gasteiger partial charge in [0, 0.05) is 5.92 Å². The first-order valence-electron chi connectivity index (χ1n) is 4.57. The third kappa shape index (κ3) is 2.43. The Hall–Kier alpha value is -1.13. The summed E-state index contributed by atoms with van der Waals surface area (Å²) < 4.78 is 5.32. The van der Waals surface area contributed by atoms with Gasteiger partial charge in [-0.1, -0.05) is 23.6 Å². The van der Waals surface area contributed by atoms with Crippen LogP contribution < -0.4 is 4.74 Å². The minimum Gasteiger partial charge on any atom is -0.492 e. The van der Waals surface area contributed by atoms with Gasteiger partial charge in [0.1, 0.15) is 5.75 Å². The van der Waals surface area contributed by atoms with E-state index in [1.165, 1.54) is 0 Å². The summed E-state index contributed by atoms with van der Waals surface area (Å²) in [6.45, 7) is 4.50. The first kappa shape index (κ1) is 10.9. The normalized spacial score (nSPS) is 11.9. The van der Waals surface area contributed by atoms with E-state index < -0.39 is 0 Å². The first-order chi connectivity index (χ1) is 6.69. The van der Waals surface area contributed by atoms with E-state index in [-0.39, 0.29) is 5.92 Å². The van der Waals surface area contributed by atoms with E-state index in [1.807, 2.05) is 32.0 Å². The topological polar surface area (TPSA) is 9.23 Å². The van der Waals surface area contributed by atoms with Gasteiger partial charge in [-0.3, -0.25) is 0 Å². The molecule has 0 saturated carbocycles. The largest absolute Gasteiger partial charge is 0.492 e. The van der Waals surface area contributed by atoms with Crippen LogP contribution in [0.4, 0.5) is 0 Å². The predicted octanol–water partition coefficient (Wildman–Crippen LogP) is 3.48. The molecule has 74 valence electrons. The molecule has 14 heavy (non-hydrogen) atoms. The first-order valence-corrected chi connectivity index (χ1v) is 4.95. The average molecular weight is 209 g/mol. The van der Waals surface area contributed by atoms with Crippen LogP contribution in [0.25, 0.3) is 0 Å². The summed E-state index contributed by atoms with van der Waals surface area (Å²) >= 11 is 6.02. The Kier molecular flexibility index (Phi) is 3.85. The van der Waals surface area contributed by atoms with Crippen LogP contribution in [0.15, 0.2) is 18.2 Å². The molecule has 1 nitrogen and oxygen atoms in total. The fourth-order valence-corrected chi connectivity index (χ4v) is 1.40. The fourth-order valence-electron chi connectivity index (χ4n) is 1.16. The molecular weight excluding hydrogens is 196 g/mol. The average Bonchev–Trinajstić information content (AvgIpc) is 2.20. The molecule has 0 aromatic heterocycles. The van der Waals surface area contributed by atoms with E-state index in [1.54, 1.807) is 0 Å². The zero-order valence-corrected chi connectivity index (χ0v) is 9.14. The number of hydrogen-bond donors (Lipinski definition) is 0. The molecule has 1 atom stereocenters. The Morgan fingerprint density at radius 2 is 2.29 bits per heavy atom. The van der Waals surface area contributed by atoms with Gasteiger partial charge in [-0.2, -0.15) is 0 Å². The number of rotatable bonds is 3. The lowest BCUT2D eigenvalue weighted by Crippen LogP contribution is -1.94. The van der Waals surface area contributed by atoms with E-state index in [0.29, 0.717) is 17.4 Å². The van der Waals surface area contributed by atoms with Gasteiger partial charge in [0.05, 0.1) is 11.6 Å². The van der Waals surface area contributed by atoms with Gasteiger partial charge >= 0.3 is 0 Å². The van der Waals surface area contributed by atoms with Crippen LogP contribution in [0, 0.1) is 12.3 Å². The van der Waals surface area contributed by atoms with Crippen LogP contribution >= 0.6 is 11.6 Å². The van der Waals surface area contributed by atoms with Crippen LogP contribution in [0.1, 0.15) is 25.3 Å². The van der Waals surface area contributed by atoms with Crippen molar-refractivity contribution < 1.29 is 4.74 Å². The number of ether oxygens (including phenoxy) is 1. The fraction of sp³-hybridized carbons (Fsp3) is 0.333. The molecule has 1 aromatic carbocycles. The maximum atomic E-state index is 6.02. The Balaban J connectivity index is 2.95. The SMILES string of the molecule is C#CC(C)c1ccc(OCC)c(Cl)c1. The Morgan fingerprint density at radius 3 is 2.79 bits per heavy atom. The molecule has 0 aliphatic rings. The molecular formula is C12H13ClO. The molecule has 2 heteroatoms. The molecule has 0 saturated heterocycles. The lowest BCUT2D eigenvalue weighted by molar-refractivity contribution is 0.340. The Morgan fingerprint density at radius 1 is 1.57 bits per heavy atom. The van der Waals surface area contributed by atoms with Gasteiger partial charge in [-0.25, -0.2) is 0 Å². The van der Waals surface area contributed by atoms with Crippen molar-refractivity contribution in [3.63, 3.8) is 0 Å².